The Balaban J connectivity index is 1.09. The van der Waals surface area contributed by atoms with Gasteiger partial charge in [0.1, 0.15) is 0 Å². The molecule has 0 unspecified atom stereocenters. The number of benzene rings is 7. The van der Waals surface area contributed by atoms with Crippen molar-refractivity contribution in [3.63, 3.8) is 0 Å². The molecule has 0 heterocycles. The third kappa shape index (κ3) is 8.02. The third-order valence-corrected chi connectivity index (χ3v) is 11.6. The molecule has 278 valence electrons. The lowest BCUT2D eigenvalue weighted by Crippen LogP contribution is -2.12. The highest BCUT2D eigenvalue weighted by atomic mass is 15.1. The first-order chi connectivity index (χ1) is 27.1. The lowest BCUT2D eigenvalue weighted by atomic mass is 9.96. The smallest absolute Gasteiger partial charge is 0.0496 e. The SMILES string of the molecule is Cc1cc(N(c2ccccc2)c2ccc(C=Cc3cccc(C=Cc4ccc(N(c5ccccc5)c5cc(C)c(C)c(C)c5C)cc4)c3)cc2)c(C)c(C)c1C. The van der Waals surface area contributed by atoms with Crippen LogP contribution in [0, 0.1) is 55.4 Å². The van der Waals surface area contributed by atoms with Crippen molar-refractivity contribution in [2.45, 2.75) is 55.4 Å². The van der Waals surface area contributed by atoms with Crippen LogP contribution in [-0.2, 0) is 0 Å². The fraction of sp³-hybridized carbons (Fsp3) is 0.148. The maximum Gasteiger partial charge on any atom is 0.0496 e. The van der Waals surface area contributed by atoms with Crippen LogP contribution in [0.5, 0.6) is 0 Å². The fourth-order valence-electron chi connectivity index (χ4n) is 7.47. The lowest BCUT2D eigenvalue weighted by Gasteiger charge is -2.29. The number of hydrogen-bond acceptors (Lipinski definition) is 2. The molecule has 7 aromatic rings. The number of para-hydroxylation sites is 2. The summed E-state index contributed by atoms with van der Waals surface area (Å²) in [7, 11) is 0. The van der Waals surface area contributed by atoms with Crippen LogP contribution in [0.2, 0.25) is 0 Å². The summed E-state index contributed by atoms with van der Waals surface area (Å²) in [4.78, 5) is 4.75. The molecule has 7 rings (SSSR count). The average molecular weight is 729 g/mol. The Bertz CT molecular complexity index is 2350. The van der Waals surface area contributed by atoms with E-state index in [0.29, 0.717) is 0 Å². The molecule has 0 atom stereocenters. The minimum Gasteiger partial charge on any atom is -0.310 e. The number of hydrogen-bond donors (Lipinski definition) is 0. The van der Waals surface area contributed by atoms with Crippen LogP contribution in [0.3, 0.4) is 0 Å². The normalized spacial score (nSPS) is 11.4. The highest BCUT2D eigenvalue weighted by Gasteiger charge is 2.19. The second-order valence-corrected chi connectivity index (χ2v) is 15.0. The summed E-state index contributed by atoms with van der Waals surface area (Å²) in [6, 6.07) is 52.4. The van der Waals surface area contributed by atoms with Crippen LogP contribution in [0.1, 0.15) is 66.8 Å². The van der Waals surface area contributed by atoms with Crippen LogP contribution in [0.15, 0.2) is 146 Å². The molecule has 0 aliphatic carbocycles. The van der Waals surface area contributed by atoms with Gasteiger partial charge in [-0.2, -0.15) is 0 Å². The van der Waals surface area contributed by atoms with Crippen LogP contribution in [-0.4, -0.2) is 0 Å². The van der Waals surface area contributed by atoms with E-state index in [-0.39, 0.29) is 0 Å². The molecule has 0 radical (unpaired) electrons. The van der Waals surface area contributed by atoms with E-state index in [1.807, 2.05) is 0 Å². The Morgan fingerprint density at radius 3 is 1.00 bits per heavy atom. The summed E-state index contributed by atoms with van der Waals surface area (Å²) in [6.07, 6.45) is 8.78. The van der Waals surface area contributed by atoms with Crippen molar-refractivity contribution < 1.29 is 0 Å². The number of nitrogens with zero attached hydrogens (tertiary/aromatic N) is 2. The largest absolute Gasteiger partial charge is 0.310 e. The third-order valence-electron chi connectivity index (χ3n) is 11.6. The van der Waals surface area contributed by atoms with Gasteiger partial charge < -0.3 is 9.80 Å². The molecule has 0 aliphatic heterocycles. The molecular weight excluding hydrogens is 677 g/mol. The van der Waals surface area contributed by atoms with Crippen LogP contribution >= 0.6 is 0 Å². The summed E-state index contributed by atoms with van der Waals surface area (Å²) in [5.41, 5.74) is 22.3. The number of anilines is 6. The molecule has 0 saturated carbocycles. The average Bonchev–Trinajstić information content (AvgIpc) is 3.23. The molecule has 0 aromatic heterocycles. The summed E-state index contributed by atoms with van der Waals surface area (Å²) >= 11 is 0. The number of aryl methyl sites for hydroxylation is 2. The molecule has 56 heavy (non-hydrogen) atoms. The topological polar surface area (TPSA) is 6.48 Å². The van der Waals surface area contributed by atoms with Crippen LogP contribution in [0.25, 0.3) is 24.3 Å². The Labute approximate surface area is 334 Å². The summed E-state index contributed by atoms with van der Waals surface area (Å²) in [5, 5.41) is 0. The van der Waals surface area contributed by atoms with Gasteiger partial charge in [-0.05, 0) is 189 Å². The van der Waals surface area contributed by atoms with Crippen molar-refractivity contribution in [1.29, 1.82) is 0 Å². The second kappa shape index (κ2) is 16.6. The molecule has 0 bridgehead atoms. The highest BCUT2D eigenvalue weighted by molar-refractivity contribution is 5.83. The van der Waals surface area contributed by atoms with Gasteiger partial charge in [0, 0.05) is 34.1 Å². The molecule has 0 amide bonds. The maximum atomic E-state index is 2.37. The first-order valence-electron chi connectivity index (χ1n) is 19.6. The van der Waals surface area contributed by atoms with E-state index in [0.717, 1.165) is 45.0 Å². The van der Waals surface area contributed by atoms with Gasteiger partial charge in [0.05, 0.1) is 0 Å². The molecule has 2 heteroatoms. The molecule has 7 aromatic carbocycles. The Morgan fingerprint density at radius 2 is 0.625 bits per heavy atom. The predicted octanol–water partition coefficient (Wildman–Crippen LogP) is 15.4. The van der Waals surface area contributed by atoms with Crippen molar-refractivity contribution in [3.05, 3.63) is 212 Å². The van der Waals surface area contributed by atoms with E-state index in [2.05, 4.69) is 235 Å². The van der Waals surface area contributed by atoms with E-state index in [4.69, 9.17) is 0 Å². The molecule has 0 saturated heterocycles. The molecule has 0 fully saturated rings. The van der Waals surface area contributed by atoms with Crippen LogP contribution < -0.4 is 9.80 Å². The zero-order valence-electron chi connectivity index (χ0n) is 34.1. The summed E-state index contributed by atoms with van der Waals surface area (Å²) < 4.78 is 0. The van der Waals surface area contributed by atoms with E-state index in [1.165, 1.54) is 55.9 Å². The van der Waals surface area contributed by atoms with E-state index in [1.54, 1.807) is 0 Å². The second-order valence-electron chi connectivity index (χ2n) is 15.0. The summed E-state index contributed by atoms with van der Waals surface area (Å²) in [6.45, 7) is 17.8. The zero-order chi connectivity index (χ0) is 39.3. The van der Waals surface area contributed by atoms with Crippen molar-refractivity contribution in [2.75, 3.05) is 9.80 Å². The molecular formula is C54H52N2. The van der Waals surface area contributed by atoms with Gasteiger partial charge in [0.2, 0.25) is 0 Å². The molecule has 0 aliphatic rings. The van der Waals surface area contributed by atoms with Gasteiger partial charge in [0.25, 0.3) is 0 Å². The first kappa shape index (κ1) is 37.9. The molecule has 0 N–H and O–H groups in total. The minimum atomic E-state index is 1.14. The monoisotopic (exact) mass is 728 g/mol. The Kier molecular flexibility index (Phi) is 11.2. The van der Waals surface area contributed by atoms with Crippen molar-refractivity contribution in [1.82, 2.24) is 0 Å². The summed E-state index contributed by atoms with van der Waals surface area (Å²) in [5.74, 6) is 0. The van der Waals surface area contributed by atoms with Gasteiger partial charge >= 0.3 is 0 Å². The van der Waals surface area contributed by atoms with Crippen molar-refractivity contribution in [3.8, 4) is 0 Å². The Hall–Kier alpha value is -6.38. The van der Waals surface area contributed by atoms with Gasteiger partial charge in [0.15, 0.2) is 0 Å². The molecule has 0 spiro atoms. The van der Waals surface area contributed by atoms with Gasteiger partial charge in [-0.3, -0.25) is 0 Å². The zero-order valence-corrected chi connectivity index (χ0v) is 34.1. The first-order valence-corrected chi connectivity index (χ1v) is 19.6. The number of rotatable bonds is 10. The van der Waals surface area contributed by atoms with E-state index < -0.39 is 0 Å². The fourth-order valence-corrected chi connectivity index (χ4v) is 7.47. The standard InChI is InChI=1S/C54H52N2/c1-37-34-53(43(7)41(5)39(37)3)55(49-18-11-9-12-19-49)51-30-26-45(27-31-51)22-24-47-16-15-17-48(36-47)25-23-46-28-32-52(33-29-46)56(50-20-13-10-14-21-50)54-35-38(2)40(4)42(6)44(54)8/h9-36H,1-8H3. The quantitative estimate of drug-likeness (QED) is 0.129. The van der Waals surface area contributed by atoms with Crippen LogP contribution in [0.4, 0.5) is 34.1 Å². The van der Waals surface area contributed by atoms with Crippen molar-refractivity contribution >= 4 is 58.4 Å². The highest BCUT2D eigenvalue weighted by Crippen LogP contribution is 2.41. The van der Waals surface area contributed by atoms with E-state index >= 15 is 0 Å². The Morgan fingerprint density at radius 1 is 0.286 bits per heavy atom. The lowest BCUT2D eigenvalue weighted by molar-refractivity contribution is 1.17. The maximum absolute atomic E-state index is 2.37. The minimum absolute atomic E-state index is 1.14. The predicted molar refractivity (Wildman–Crippen MR) is 244 cm³/mol. The van der Waals surface area contributed by atoms with Crippen molar-refractivity contribution in [2.24, 2.45) is 0 Å². The van der Waals surface area contributed by atoms with E-state index in [9.17, 15) is 0 Å². The van der Waals surface area contributed by atoms with Gasteiger partial charge in [-0.25, -0.2) is 0 Å². The van der Waals surface area contributed by atoms with Gasteiger partial charge in [-0.15, -0.1) is 0 Å². The van der Waals surface area contributed by atoms with Gasteiger partial charge in [-0.1, -0.05) is 103 Å². The molecule has 2 nitrogen and oxygen atoms in total.